The third kappa shape index (κ3) is 2.47. The first-order valence-corrected chi connectivity index (χ1v) is 6.25. The van der Waals surface area contributed by atoms with Gasteiger partial charge in [-0.15, -0.1) is 0 Å². The molecular weight excluding hydrogens is 275 g/mol. The molecule has 2 nitrogen and oxygen atoms in total. The molecule has 1 aromatic rings. The van der Waals surface area contributed by atoms with E-state index in [2.05, 4.69) is 32.2 Å². The summed E-state index contributed by atoms with van der Waals surface area (Å²) in [6.07, 6.45) is 1.18. The summed E-state index contributed by atoms with van der Waals surface area (Å²) in [6.45, 7) is 2.11. The monoisotopic (exact) mass is 288 g/mol. The predicted octanol–water partition coefficient (Wildman–Crippen LogP) is 2.90. The Morgan fingerprint density at radius 1 is 1.53 bits per heavy atom. The van der Waals surface area contributed by atoms with Gasteiger partial charge in [-0.25, -0.2) is 0 Å². The number of nitrogens with one attached hydrogen (secondary N) is 1. The molecule has 0 amide bonds. The van der Waals surface area contributed by atoms with Crippen LogP contribution >= 0.6 is 27.5 Å². The maximum absolute atomic E-state index is 6.18. The van der Waals surface area contributed by atoms with E-state index in [1.54, 1.807) is 0 Å². The first-order valence-electron chi connectivity index (χ1n) is 5.08. The molecule has 0 spiro atoms. The van der Waals surface area contributed by atoms with Crippen molar-refractivity contribution in [2.24, 2.45) is 0 Å². The molecular formula is C11H14BrClN2. The van der Waals surface area contributed by atoms with Crippen LogP contribution in [0, 0.1) is 0 Å². The van der Waals surface area contributed by atoms with Crippen LogP contribution in [0.15, 0.2) is 22.7 Å². The van der Waals surface area contributed by atoms with Crippen molar-refractivity contribution >= 4 is 33.2 Å². The molecule has 0 saturated carbocycles. The molecule has 1 N–H and O–H groups in total. The Bertz CT molecular complexity index is 356. The Hall–Kier alpha value is -0.250. The number of hydrogen-bond donors (Lipinski definition) is 1. The lowest BCUT2D eigenvalue weighted by Gasteiger charge is -2.20. The summed E-state index contributed by atoms with van der Waals surface area (Å²) in [5, 5.41) is 4.13. The van der Waals surface area contributed by atoms with E-state index in [4.69, 9.17) is 11.6 Å². The fourth-order valence-corrected chi connectivity index (χ4v) is 2.53. The minimum Gasteiger partial charge on any atom is -0.369 e. The van der Waals surface area contributed by atoms with E-state index < -0.39 is 0 Å². The summed E-state index contributed by atoms with van der Waals surface area (Å²) in [5.41, 5.74) is 1.13. The molecule has 1 aliphatic heterocycles. The zero-order valence-corrected chi connectivity index (χ0v) is 11.0. The van der Waals surface area contributed by atoms with Gasteiger partial charge < -0.3 is 10.2 Å². The highest BCUT2D eigenvalue weighted by molar-refractivity contribution is 9.10. The minimum absolute atomic E-state index is 0.583. The van der Waals surface area contributed by atoms with E-state index in [1.807, 2.05) is 19.2 Å². The van der Waals surface area contributed by atoms with Crippen molar-refractivity contribution in [1.29, 1.82) is 0 Å². The average molecular weight is 290 g/mol. The van der Waals surface area contributed by atoms with Gasteiger partial charge in [-0.2, -0.15) is 0 Å². The lowest BCUT2D eigenvalue weighted by atomic mass is 10.3. The standard InChI is InChI=1S/C11H14BrClN2/c1-14-9-4-5-15(7-9)11-6-8(12)2-3-10(11)13/h2-3,6,9,14H,4-5,7H2,1H3. The maximum Gasteiger partial charge on any atom is 0.0640 e. The minimum atomic E-state index is 0.583. The van der Waals surface area contributed by atoms with E-state index in [-0.39, 0.29) is 0 Å². The normalized spacial score (nSPS) is 21.0. The number of hydrogen-bond acceptors (Lipinski definition) is 2. The molecule has 82 valence electrons. The second-order valence-electron chi connectivity index (χ2n) is 3.82. The van der Waals surface area contributed by atoms with Gasteiger partial charge in [0.2, 0.25) is 0 Å². The van der Waals surface area contributed by atoms with Crippen LogP contribution in [0.1, 0.15) is 6.42 Å². The molecule has 2 rings (SSSR count). The number of halogens is 2. The second-order valence-corrected chi connectivity index (χ2v) is 5.14. The molecule has 1 atom stereocenters. The number of rotatable bonds is 2. The van der Waals surface area contributed by atoms with Crippen molar-refractivity contribution in [3.8, 4) is 0 Å². The highest BCUT2D eigenvalue weighted by atomic mass is 79.9. The lowest BCUT2D eigenvalue weighted by molar-refractivity contribution is 0.617. The molecule has 0 bridgehead atoms. The third-order valence-electron chi connectivity index (χ3n) is 2.85. The number of nitrogens with zero attached hydrogens (tertiary/aromatic N) is 1. The molecule has 0 aromatic heterocycles. The Morgan fingerprint density at radius 3 is 3.00 bits per heavy atom. The fourth-order valence-electron chi connectivity index (χ4n) is 1.94. The van der Waals surface area contributed by atoms with Crippen molar-refractivity contribution < 1.29 is 0 Å². The van der Waals surface area contributed by atoms with Gasteiger partial charge in [0.1, 0.15) is 0 Å². The van der Waals surface area contributed by atoms with E-state index in [0.29, 0.717) is 6.04 Å². The smallest absolute Gasteiger partial charge is 0.0640 e. The maximum atomic E-state index is 6.18. The molecule has 0 radical (unpaired) electrons. The van der Waals surface area contributed by atoms with Gasteiger partial charge in [-0.05, 0) is 31.7 Å². The van der Waals surface area contributed by atoms with E-state index in [0.717, 1.165) is 28.3 Å². The van der Waals surface area contributed by atoms with Crippen molar-refractivity contribution in [2.75, 3.05) is 25.0 Å². The Balaban J connectivity index is 2.19. The van der Waals surface area contributed by atoms with Gasteiger partial charge in [0, 0.05) is 23.6 Å². The van der Waals surface area contributed by atoms with E-state index in [9.17, 15) is 0 Å². The molecule has 1 fully saturated rings. The van der Waals surface area contributed by atoms with Crippen LogP contribution in [0.4, 0.5) is 5.69 Å². The van der Waals surface area contributed by atoms with Crippen LogP contribution in [0.2, 0.25) is 5.02 Å². The second kappa shape index (κ2) is 4.73. The van der Waals surface area contributed by atoms with Gasteiger partial charge in [-0.3, -0.25) is 0 Å². The summed E-state index contributed by atoms with van der Waals surface area (Å²) in [4.78, 5) is 2.33. The first-order chi connectivity index (χ1) is 7.20. The van der Waals surface area contributed by atoms with Crippen LogP contribution < -0.4 is 10.2 Å². The average Bonchev–Trinajstić information content (AvgIpc) is 2.70. The Labute approximate surface area is 104 Å². The number of likely N-dealkylation sites (N-methyl/N-ethyl adjacent to an activating group) is 1. The summed E-state index contributed by atoms with van der Waals surface area (Å²) in [5.74, 6) is 0. The zero-order chi connectivity index (χ0) is 10.8. The summed E-state index contributed by atoms with van der Waals surface area (Å²) in [7, 11) is 2.01. The summed E-state index contributed by atoms with van der Waals surface area (Å²) >= 11 is 9.66. The van der Waals surface area contributed by atoms with Gasteiger partial charge in [-0.1, -0.05) is 27.5 Å². The lowest BCUT2D eigenvalue weighted by Crippen LogP contribution is -2.29. The van der Waals surface area contributed by atoms with Crippen molar-refractivity contribution in [3.05, 3.63) is 27.7 Å². The molecule has 1 heterocycles. The van der Waals surface area contributed by atoms with Crippen LogP contribution in [0.5, 0.6) is 0 Å². The van der Waals surface area contributed by atoms with Gasteiger partial charge in [0.25, 0.3) is 0 Å². The van der Waals surface area contributed by atoms with Crippen LogP contribution in [-0.2, 0) is 0 Å². The topological polar surface area (TPSA) is 15.3 Å². The van der Waals surface area contributed by atoms with Crippen molar-refractivity contribution in [3.63, 3.8) is 0 Å². The van der Waals surface area contributed by atoms with Crippen LogP contribution in [-0.4, -0.2) is 26.2 Å². The predicted molar refractivity (Wildman–Crippen MR) is 68.8 cm³/mol. The highest BCUT2D eigenvalue weighted by Crippen LogP contribution is 2.31. The Morgan fingerprint density at radius 2 is 2.33 bits per heavy atom. The molecule has 1 aromatic carbocycles. The van der Waals surface area contributed by atoms with Crippen LogP contribution in [0.25, 0.3) is 0 Å². The van der Waals surface area contributed by atoms with E-state index in [1.165, 1.54) is 6.42 Å². The first kappa shape index (κ1) is 11.2. The molecule has 1 aliphatic rings. The molecule has 4 heteroatoms. The fraction of sp³-hybridized carbons (Fsp3) is 0.455. The third-order valence-corrected chi connectivity index (χ3v) is 3.66. The molecule has 1 unspecified atom stereocenters. The number of anilines is 1. The van der Waals surface area contributed by atoms with Gasteiger partial charge in [0.05, 0.1) is 10.7 Å². The SMILES string of the molecule is CNC1CCN(c2cc(Br)ccc2Cl)C1. The highest BCUT2D eigenvalue weighted by Gasteiger charge is 2.22. The van der Waals surface area contributed by atoms with Gasteiger partial charge in [0.15, 0.2) is 0 Å². The van der Waals surface area contributed by atoms with Gasteiger partial charge >= 0.3 is 0 Å². The van der Waals surface area contributed by atoms with E-state index >= 15 is 0 Å². The zero-order valence-electron chi connectivity index (χ0n) is 8.63. The summed E-state index contributed by atoms with van der Waals surface area (Å²) in [6, 6.07) is 6.57. The Kier molecular flexibility index (Phi) is 3.54. The van der Waals surface area contributed by atoms with Crippen molar-refractivity contribution in [1.82, 2.24) is 5.32 Å². The largest absolute Gasteiger partial charge is 0.369 e. The molecule has 15 heavy (non-hydrogen) atoms. The number of benzene rings is 1. The molecule has 1 saturated heterocycles. The van der Waals surface area contributed by atoms with Crippen molar-refractivity contribution in [2.45, 2.75) is 12.5 Å². The van der Waals surface area contributed by atoms with Crippen LogP contribution in [0.3, 0.4) is 0 Å². The molecule has 0 aliphatic carbocycles. The quantitative estimate of drug-likeness (QED) is 0.900. The summed E-state index contributed by atoms with van der Waals surface area (Å²) < 4.78 is 1.08.